The van der Waals surface area contributed by atoms with E-state index < -0.39 is 0 Å². The zero-order chi connectivity index (χ0) is 19.1. The van der Waals surface area contributed by atoms with E-state index in [4.69, 9.17) is 5.73 Å². The molecule has 1 aromatic heterocycles. The third-order valence-electron chi connectivity index (χ3n) is 3.49. The topological polar surface area (TPSA) is 115 Å². The van der Waals surface area contributed by atoms with Crippen LogP contribution in [0, 0.1) is 0 Å². The quantitative estimate of drug-likeness (QED) is 0.540. The summed E-state index contributed by atoms with van der Waals surface area (Å²) in [4.78, 5) is 24.3. The van der Waals surface area contributed by atoms with Gasteiger partial charge in [-0.3, -0.25) is 14.2 Å². The molecule has 2 amide bonds. The van der Waals surface area contributed by atoms with E-state index in [2.05, 4.69) is 20.8 Å². The van der Waals surface area contributed by atoms with Crippen molar-refractivity contribution >= 4 is 40.9 Å². The molecular formula is C18H18N6O2S. The lowest BCUT2D eigenvalue weighted by atomic mass is 10.3. The second-order valence-corrected chi connectivity index (χ2v) is 6.49. The standard InChI is InChI=1S/C18H18N6O2S/c19-17-22-23-18(27-12-16(26)21-14-9-5-2-6-10-14)24(17)11-15(25)20-13-7-3-1-4-8-13/h1-10H,11-12H2,(H2,19,22)(H,20,25)(H,21,26). The molecule has 3 aromatic rings. The zero-order valence-corrected chi connectivity index (χ0v) is 15.1. The van der Waals surface area contributed by atoms with E-state index in [9.17, 15) is 9.59 Å². The summed E-state index contributed by atoms with van der Waals surface area (Å²) in [6, 6.07) is 18.3. The van der Waals surface area contributed by atoms with Crippen LogP contribution in [-0.4, -0.2) is 32.3 Å². The van der Waals surface area contributed by atoms with E-state index in [1.54, 1.807) is 24.3 Å². The van der Waals surface area contributed by atoms with E-state index in [0.29, 0.717) is 16.5 Å². The Labute approximate surface area is 160 Å². The molecule has 2 aromatic carbocycles. The van der Waals surface area contributed by atoms with Crippen LogP contribution >= 0.6 is 11.8 Å². The van der Waals surface area contributed by atoms with E-state index in [0.717, 1.165) is 11.8 Å². The molecule has 0 atom stereocenters. The number of aromatic nitrogens is 3. The van der Waals surface area contributed by atoms with Crippen molar-refractivity contribution in [2.45, 2.75) is 11.7 Å². The smallest absolute Gasteiger partial charge is 0.244 e. The van der Waals surface area contributed by atoms with Crippen LogP contribution in [0.4, 0.5) is 17.3 Å². The molecule has 0 unspecified atom stereocenters. The Hall–Kier alpha value is -3.33. The molecule has 0 spiro atoms. The molecule has 9 heteroatoms. The van der Waals surface area contributed by atoms with Gasteiger partial charge in [0.05, 0.1) is 5.75 Å². The van der Waals surface area contributed by atoms with Crippen molar-refractivity contribution in [3.8, 4) is 0 Å². The highest BCUT2D eigenvalue weighted by Gasteiger charge is 2.15. The normalized spacial score (nSPS) is 10.4. The van der Waals surface area contributed by atoms with E-state index >= 15 is 0 Å². The third kappa shape index (κ3) is 5.32. The number of hydrogen-bond donors (Lipinski definition) is 3. The third-order valence-corrected chi connectivity index (χ3v) is 4.46. The summed E-state index contributed by atoms with van der Waals surface area (Å²) >= 11 is 1.16. The molecule has 0 saturated heterocycles. The summed E-state index contributed by atoms with van der Waals surface area (Å²) in [6.45, 7) is -0.0453. The second kappa shape index (κ2) is 8.86. The first kappa shape index (κ1) is 18.5. The van der Waals surface area contributed by atoms with Gasteiger partial charge in [0.1, 0.15) is 6.54 Å². The monoisotopic (exact) mass is 382 g/mol. The fourth-order valence-corrected chi connectivity index (χ4v) is 3.01. The van der Waals surface area contributed by atoms with Crippen molar-refractivity contribution < 1.29 is 9.59 Å². The average molecular weight is 382 g/mol. The van der Waals surface area contributed by atoms with Crippen molar-refractivity contribution in [2.24, 2.45) is 0 Å². The molecule has 4 N–H and O–H groups in total. The van der Waals surface area contributed by atoms with Gasteiger partial charge in [0.2, 0.25) is 17.8 Å². The molecular weight excluding hydrogens is 364 g/mol. The maximum atomic E-state index is 12.2. The molecule has 27 heavy (non-hydrogen) atoms. The molecule has 0 aliphatic heterocycles. The van der Waals surface area contributed by atoms with E-state index in [-0.39, 0.29) is 30.1 Å². The van der Waals surface area contributed by atoms with Gasteiger partial charge < -0.3 is 16.4 Å². The zero-order valence-electron chi connectivity index (χ0n) is 14.3. The molecule has 0 aliphatic rings. The number of nitrogen functional groups attached to an aromatic ring is 1. The van der Waals surface area contributed by atoms with Crippen molar-refractivity contribution in [3.63, 3.8) is 0 Å². The Morgan fingerprint density at radius 2 is 1.44 bits per heavy atom. The molecule has 0 bridgehead atoms. The number of carbonyl (C=O) groups excluding carboxylic acids is 2. The van der Waals surface area contributed by atoms with E-state index in [1.165, 1.54) is 4.57 Å². The molecule has 0 fully saturated rings. The van der Waals surface area contributed by atoms with Crippen molar-refractivity contribution in [3.05, 3.63) is 60.7 Å². The molecule has 3 rings (SSSR count). The Balaban J connectivity index is 1.57. The van der Waals surface area contributed by atoms with Crippen molar-refractivity contribution in [2.75, 3.05) is 22.1 Å². The molecule has 8 nitrogen and oxygen atoms in total. The Morgan fingerprint density at radius 3 is 2.04 bits per heavy atom. The Morgan fingerprint density at radius 1 is 0.889 bits per heavy atom. The summed E-state index contributed by atoms with van der Waals surface area (Å²) in [6.07, 6.45) is 0. The molecule has 138 valence electrons. The predicted octanol–water partition coefficient (Wildman–Crippen LogP) is 2.23. The highest BCUT2D eigenvalue weighted by Crippen LogP contribution is 2.19. The fraction of sp³-hybridized carbons (Fsp3) is 0.111. The van der Waals surface area contributed by atoms with Gasteiger partial charge in [0.15, 0.2) is 5.16 Å². The van der Waals surface area contributed by atoms with Gasteiger partial charge in [-0.15, -0.1) is 10.2 Å². The predicted molar refractivity (Wildman–Crippen MR) is 105 cm³/mol. The minimum atomic E-state index is -0.261. The van der Waals surface area contributed by atoms with Crippen LogP contribution in [0.15, 0.2) is 65.8 Å². The van der Waals surface area contributed by atoms with Crippen molar-refractivity contribution in [1.29, 1.82) is 0 Å². The van der Waals surface area contributed by atoms with Gasteiger partial charge in [-0.2, -0.15) is 0 Å². The van der Waals surface area contributed by atoms with Crippen LogP contribution in [0.2, 0.25) is 0 Å². The number of thioether (sulfide) groups is 1. The number of carbonyl (C=O) groups is 2. The Kier molecular flexibility index (Phi) is 6.06. The maximum Gasteiger partial charge on any atom is 0.244 e. The number of nitrogens with zero attached hydrogens (tertiary/aromatic N) is 3. The number of hydrogen-bond acceptors (Lipinski definition) is 6. The lowest BCUT2D eigenvalue weighted by Gasteiger charge is -2.09. The SMILES string of the molecule is Nc1nnc(SCC(=O)Nc2ccccc2)n1CC(=O)Nc1ccccc1. The molecule has 1 heterocycles. The summed E-state index contributed by atoms with van der Waals surface area (Å²) in [5.41, 5.74) is 7.21. The number of amides is 2. The summed E-state index contributed by atoms with van der Waals surface area (Å²) < 4.78 is 1.47. The maximum absolute atomic E-state index is 12.2. The van der Waals surface area contributed by atoms with E-state index in [1.807, 2.05) is 36.4 Å². The lowest BCUT2D eigenvalue weighted by Crippen LogP contribution is -2.21. The van der Waals surface area contributed by atoms with Gasteiger partial charge in [-0.05, 0) is 24.3 Å². The first-order valence-electron chi connectivity index (χ1n) is 8.13. The van der Waals surface area contributed by atoms with Gasteiger partial charge in [-0.25, -0.2) is 0 Å². The van der Waals surface area contributed by atoms with Crippen LogP contribution < -0.4 is 16.4 Å². The fourth-order valence-electron chi connectivity index (χ4n) is 2.27. The van der Waals surface area contributed by atoms with Crippen LogP contribution in [0.5, 0.6) is 0 Å². The van der Waals surface area contributed by atoms with Crippen LogP contribution in [-0.2, 0) is 16.1 Å². The highest BCUT2D eigenvalue weighted by molar-refractivity contribution is 7.99. The number of anilines is 3. The first-order chi connectivity index (χ1) is 13.1. The van der Waals surface area contributed by atoms with Crippen LogP contribution in [0.25, 0.3) is 0 Å². The lowest BCUT2D eigenvalue weighted by molar-refractivity contribution is -0.117. The molecule has 0 aliphatic carbocycles. The molecule has 0 saturated carbocycles. The minimum absolute atomic E-state index is 0.0453. The van der Waals surface area contributed by atoms with Crippen LogP contribution in [0.3, 0.4) is 0 Å². The molecule has 0 radical (unpaired) electrons. The minimum Gasteiger partial charge on any atom is -0.368 e. The average Bonchev–Trinajstić information content (AvgIpc) is 3.01. The highest BCUT2D eigenvalue weighted by atomic mass is 32.2. The van der Waals surface area contributed by atoms with Gasteiger partial charge >= 0.3 is 0 Å². The largest absolute Gasteiger partial charge is 0.368 e. The number of benzene rings is 2. The summed E-state index contributed by atoms with van der Waals surface area (Å²) in [5, 5.41) is 13.7. The first-order valence-corrected chi connectivity index (χ1v) is 9.11. The number of rotatable bonds is 7. The Bertz CT molecular complexity index is 914. The number of nitrogens with two attached hydrogens (primary N) is 1. The van der Waals surface area contributed by atoms with Crippen molar-refractivity contribution in [1.82, 2.24) is 14.8 Å². The number of nitrogens with one attached hydrogen (secondary N) is 2. The number of para-hydroxylation sites is 2. The van der Waals surface area contributed by atoms with Crippen LogP contribution in [0.1, 0.15) is 0 Å². The summed E-state index contributed by atoms with van der Waals surface area (Å²) in [7, 11) is 0. The van der Waals surface area contributed by atoms with Gasteiger partial charge in [0.25, 0.3) is 0 Å². The summed E-state index contributed by atoms with van der Waals surface area (Å²) in [5.74, 6) is -0.214. The van der Waals surface area contributed by atoms with Gasteiger partial charge in [-0.1, -0.05) is 48.2 Å². The van der Waals surface area contributed by atoms with Gasteiger partial charge in [0, 0.05) is 11.4 Å². The second-order valence-electron chi connectivity index (χ2n) is 5.54.